The van der Waals surface area contributed by atoms with E-state index in [1.54, 1.807) is 0 Å². The Bertz CT molecular complexity index is 314. The van der Waals surface area contributed by atoms with Crippen molar-refractivity contribution in [1.82, 2.24) is 0 Å². The largest absolute Gasteiger partial charge is 0.393 e. The summed E-state index contributed by atoms with van der Waals surface area (Å²) >= 11 is 14.0. The third-order valence-electron chi connectivity index (χ3n) is 1.37. The molecule has 12 heavy (non-hydrogen) atoms. The molecule has 0 unspecified atom stereocenters. The summed E-state index contributed by atoms with van der Waals surface area (Å²) in [6.07, 6.45) is 0.549. The van der Waals surface area contributed by atoms with Crippen molar-refractivity contribution < 1.29 is 0 Å². The predicted octanol–water partition coefficient (Wildman–Crippen LogP) is 2.93. The van der Waals surface area contributed by atoms with Crippen molar-refractivity contribution in [3.05, 3.63) is 33.3 Å². The van der Waals surface area contributed by atoms with Crippen LogP contribution >= 0.6 is 39.7 Å². The molecule has 0 bridgehead atoms. The third-order valence-corrected chi connectivity index (χ3v) is 2.38. The van der Waals surface area contributed by atoms with Crippen LogP contribution in [0.2, 0.25) is 5.02 Å². The highest BCUT2D eigenvalue weighted by molar-refractivity contribution is 9.10. The normalized spacial score (nSPS) is 9.83. The van der Waals surface area contributed by atoms with Gasteiger partial charge in [0.15, 0.2) is 0 Å². The number of thiocarbonyl (C=S) groups is 1. The van der Waals surface area contributed by atoms with Gasteiger partial charge in [0.1, 0.15) is 0 Å². The maximum atomic E-state index is 5.90. The molecule has 64 valence electrons. The van der Waals surface area contributed by atoms with E-state index in [0.29, 0.717) is 16.4 Å². The molecule has 0 spiro atoms. The van der Waals surface area contributed by atoms with E-state index in [0.717, 1.165) is 10.0 Å². The fourth-order valence-corrected chi connectivity index (χ4v) is 1.61. The summed E-state index contributed by atoms with van der Waals surface area (Å²) in [5.41, 5.74) is 6.36. The Morgan fingerprint density at radius 3 is 2.83 bits per heavy atom. The minimum absolute atomic E-state index is 0.454. The standard InChI is InChI=1S/C8H7BrClNS/c9-6-1-2-7(10)5(3-6)4-8(11)12/h1-3H,4H2,(H2,11,12). The van der Waals surface area contributed by atoms with E-state index in [4.69, 9.17) is 29.6 Å². The van der Waals surface area contributed by atoms with Gasteiger partial charge in [0, 0.05) is 15.9 Å². The molecule has 0 atom stereocenters. The van der Waals surface area contributed by atoms with E-state index in [-0.39, 0.29) is 0 Å². The van der Waals surface area contributed by atoms with Crippen LogP contribution in [0.3, 0.4) is 0 Å². The van der Waals surface area contributed by atoms with Gasteiger partial charge >= 0.3 is 0 Å². The van der Waals surface area contributed by atoms with Gasteiger partial charge in [-0.3, -0.25) is 0 Å². The third kappa shape index (κ3) is 2.73. The minimum Gasteiger partial charge on any atom is -0.393 e. The van der Waals surface area contributed by atoms with E-state index in [2.05, 4.69) is 15.9 Å². The van der Waals surface area contributed by atoms with Gasteiger partial charge < -0.3 is 5.73 Å². The zero-order valence-corrected chi connectivity index (χ0v) is 9.34. The van der Waals surface area contributed by atoms with Crippen LogP contribution in [0.25, 0.3) is 0 Å². The van der Waals surface area contributed by atoms with Crippen LogP contribution in [0, 0.1) is 0 Å². The summed E-state index contributed by atoms with van der Waals surface area (Å²) < 4.78 is 0.984. The number of benzene rings is 1. The molecule has 4 heteroatoms. The quantitative estimate of drug-likeness (QED) is 0.831. The van der Waals surface area contributed by atoms with Gasteiger partial charge in [-0.05, 0) is 23.8 Å². The first-order chi connectivity index (χ1) is 5.59. The van der Waals surface area contributed by atoms with E-state index >= 15 is 0 Å². The molecule has 0 heterocycles. The SMILES string of the molecule is NC(=S)Cc1cc(Br)ccc1Cl. The van der Waals surface area contributed by atoms with Gasteiger partial charge in [-0.2, -0.15) is 0 Å². The second kappa shape index (κ2) is 4.21. The summed E-state index contributed by atoms with van der Waals surface area (Å²) in [4.78, 5) is 0.454. The van der Waals surface area contributed by atoms with Crippen LogP contribution < -0.4 is 5.73 Å². The zero-order valence-electron chi connectivity index (χ0n) is 6.18. The molecule has 0 amide bonds. The van der Waals surface area contributed by atoms with Crippen LogP contribution in [0.15, 0.2) is 22.7 Å². The molecule has 0 aromatic heterocycles. The van der Waals surface area contributed by atoms with Crippen molar-refractivity contribution in [2.75, 3.05) is 0 Å². The first-order valence-electron chi connectivity index (χ1n) is 3.32. The summed E-state index contributed by atoms with van der Waals surface area (Å²) in [7, 11) is 0. The number of hydrogen-bond acceptors (Lipinski definition) is 1. The molecular formula is C8H7BrClNS. The van der Waals surface area contributed by atoms with E-state index in [9.17, 15) is 0 Å². The highest BCUT2D eigenvalue weighted by Gasteiger charge is 2.01. The van der Waals surface area contributed by atoms with Gasteiger partial charge in [0.25, 0.3) is 0 Å². The van der Waals surface area contributed by atoms with Crippen LogP contribution in [-0.2, 0) is 6.42 Å². The van der Waals surface area contributed by atoms with E-state index in [1.165, 1.54) is 0 Å². The molecule has 0 aliphatic rings. The van der Waals surface area contributed by atoms with Crippen LogP contribution in [-0.4, -0.2) is 4.99 Å². The molecule has 0 aliphatic carbocycles. The summed E-state index contributed by atoms with van der Waals surface area (Å²) in [6.45, 7) is 0. The van der Waals surface area contributed by atoms with Crippen molar-refractivity contribution in [2.24, 2.45) is 5.73 Å². The van der Waals surface area contributed by atoms with Crippen molar-refractivity contribution in [3.8, 4) is 0 Å². The lowest BCUT2D eigenvalue weighted by molar-refractivity contribution is 1.32. The molecule has 1 aromatic rings. The first-order valence-corrected chi connectivity index (χ1v) is 4.90. The molecule has 0 fully saturated rings. The van der Waals surface area contributed by atoms with E-state index < -0.39 is 0 Å². The second-order valence-corrected chi connectivity index (χ2v) is 4.23. The summed E-state index contributed by atoms with van der Waals surface area (Å²) in [6, 6.07) is 5.62. The number of rotatable bonds is 2. The Kier molecular flexibility index (Phi) is 3.50. The maximum Gasteiger partial charge on any atom is 0.0772 e. The number of nitrogens with two attached hydrogens (primary N) is 1. The van der Waals surface area contributed by atoms with Gasteiger partial charge in [-0.15, -0.1) is 0 Å². The second-order valence-electron chi connectivity index (χ2n) is 2.38. The lowest BCUT2D eigenvalue weighted by Gasteiger charge is -2.02. The van der Waals surface area contributed by atoms with Crippen molar-refractivity contribution in [3.63, 3.8) is 0 Å². The van der Waals surface area contributed by atoms with Gasteiger partial charge in [-0.1, -0.05) is 39.7 Å². The predicted molar refractivity (Wildman–Crippen MR) is 59.6 cm³/mol. The Morgan fingerprint density at radius 1 is 1.58 bits per heavy atom. The Balaban J connectivity index is 2.97. The van der Waals surface area contributed by atoms with Gasteiger partial charge in [0.2, 0.25) is 0 Å². The fourth-order valence-electron chi connectivity index (χ4n) is 0.866. The molecule has 0 saturated carbocycles. The zero-order chi connectivity index (χ0) is 9.14. The molecule has 0 radical (unpaired) electrons. The topological polar surface area (TPSA) is 26.0 Å². The van der Waals surface area contributed by atoms with Crippen LogP contribution in [0.4, 0.5) is 0 Å². The molecular weight excluding hydrogens is 258 g/mol. The average molecular weight is 265 g/mol. The van der Waals surface area contributed by atoms with Crippen LogP contribution in [0.1, 0.15) is 5.56 Å². The van der Waals surface area contributed by atoms with Crippen molar-refractivity contribution in [1.29, 1.82) is 0 Å². The summed E-state index contributed by atoms with van der Waals surface area (Å²) in [5.74, 6) is 0. The maximum absolute atomic E-state index is 5.90. The highest BCUT2D eigenvalue weighted by Crippen LogP contribution is 2.21. The molecule has 0 saturated heterocycles. The lowest BCUT2D eigenvalue weighted by Crippen LogP contribution is -2.11. The van der Waals surface area contributed by atoms with E-state index in [1.807, 2.05) is 18.2 Å². The Hall–Kier alpha value is -0.120. The molecule has 1 rings (SSSR count). The molecule has 1 aromatic carbocycles. The monoisotopic (exact) mass is 263 g/mol. The number of halogens is 2. The smallest absolute Gasteiger partial charge is 0.0772 e. The van der Waals surface area contributed by atoms with Crippen LogP contribution in [0.5, 0.6) is 0 Å². The number of hydrogen-bond donors (Lipinski definition) is 1. The van der Waals surface area contributed by atoms with Crippen molar-refractivity contribution >= 4 is 44.7 Å². The Morgan fingerprint density at radius 2 is 2.25 bits per heavy atom. The van der Waals surface area contributed by atoms with Crippen molar-refractivity contribution in [2.45, 2.75) is 6.42 Å². The first kappa shape index (κ1) is 9.96. The Labute approximate surface area is 90.0 Å². The highest BCUT2D eigenvalue weighted by atomic mass is 79.9. The minimum atomic E-state index is 0.454. The average Bonchev–Trinajstić information content (AvgIpc) is 1.96. The summed E-state index contributed by atoms with van der Waals surface area (Å²) in [5, 5.41) is 0.700. The molecule has 0 aliphatic heterocycles. The molecule has 1 nitrogen and oxygen atoms in total. The van der Waals surface area contributed by atoms with Gasteiger partial charge in [-0.25, -0.2) is 0 Å². The van der Waals surface area contributed by atoms with Gasteiger partial charge in [0.05, 0.1) is 4.99 Å². The lowest BCUT2D eigenvalue weighted by atomic mass is 10.1. The fraction of sp³-hybridized carbons (Fsp3) is 0.125. The molecule has 2 N–H and O–H groups in total.